The molecule has 0 aliphatic carbocycles. The van der Waals surface area contributed by atoms with E-state index in [1.54, 1.807) is 18.1 Å². The molecule has 1 unspecified atom stereocenters. The Morgan fingerprint density at radius 3 is 3.11 bits per heavy atom. The predicted molar refractivity (Wildman–Crippen MR) is 62.8 cm³/mol. The van der Waals surface area contributed by atoms with Crippen LogP contribution in [0.5, 0.6) is 0 Å². The van der Waals surface area contributed by atoms with Gasteiger partial charge in [0.2, 0.25) is 5.60 Å². The lowest BCUT2D eigenvalue weighted by molar-refractivity contribution is -0.154. The summed E-state index contributed by atoms with van der Waals surface area (Å²) in [7, 11) is 0. The van der Waals surface area contributed by atoms with E-state index < -0.39 is 5.60 Å². The number of rotatable bonds is 1. The van der Waals surface area contributed by atoms with E-state index in [9.17, 15) is 4.79 Å². The Labute approximate surface area is 105 Å². The van der Waals surface area contributed by atoms with Crippen molar-refractivity contribution in [1.82, 2.24) is 10.1 Å². The molecule has 1 aromatic heterocycles. The van der Waals surface area contributed by atoms with Crippen molar-refractivity contribution in [3.8, 4) is 0 Å². The van der Waals surface area contributed by atoms with Gasteiger partial charge in [-0.3, -0.25) is 4.79 Å². The lowest BCUT2D eigenvalue weighted by Gasteiger charge is -2.31. The number of carbonyl (C=O) groups excluding carboxylic acids is 1. The maximum atomic E-state index is 12.5. The molecule has 0 saturated carbocycles. The number of amides is 1. The summed E-state index contributed by atoms with van der Waals surface area (Å²) in [6, 6.07) is 0. The van der Waals surface area contributed by atoms with Crippen molar-refractivity contribution in [2.45, 2.75) is 38.8 Å². The van der Waals surface area contributed by atoms with Gasteiger partial charge < -0.3 is 14.3 Å². The summed E-state index contributed by atoms with van der Waals surface area (Å²) in [5.41, 5.74) is 1.94. The Bertz CT molecular complexity index is 522. The van der Waals surface area contributed by atoms with Crippen LogP contribution in [0.2, 0.25) is 0 Å². The van der Waals surface area contributed by atoms with E-state index in [0.29, 0.717) is 19.5 Å². The fourth-order valence-corrected chi connectivity index (χ4v) is 2.49. The topological polar surface area (TPSA) is 67.9 Å². The second kappa shape index (κ2) is 3.83. The molecular weight excluding hydrogens is 234 g/mol. The SMILES string of the molecule is CC1=NOC(C)(C(=O)N2CCc3nocc3C2)C1. The Morgan fingerprint density at radius 1 is 1.56 bits per heavy atom. The van der Waals surface area contributed by atoms with Crippen LogP contribution < -0.4 is 0 Å². The molecule has 0 N–H and O–H groups in total. The number of hydrogen-bond acceptors (Lipinski definition) is 5. The van der Waals surface area contributed by atoms with E-state index >= 15 is 0 Å². The van der Waals surface area contributed by atoms with Crippen LogP contribution in [0.15, 0.2) is 15.9 Å². The van der Waals surface area contributed by atoms with Crippen LogP contribution in [0.1, 0.15) is 31.5 Å². The second-order valence-electron chi connectivity index (χ2n) is 5.09. The lowest BCUT2D eigenvalue weighted by atomic mass is 9.97. The van der Waals surface area contributed by atoms with Crippen molar-refractivity contribution in [1.29, 1.82) is 0 Å². The first-order chi connectivity index (χ1) is 8.58. The van der Waals surface area contributed by atoms with Gasteiger partial charge in [0, 0.05) is 24.9 Å². The quantitative estimate of drug-likeness (QED) is 0.747. The minimum Gasteiger partial charge on any atom is -0.379 e. The smallest absolute Gasteiger partial charge is 0.270 e. The zero-order valence-electron chi connectivity index (χ0n) is 10.5. The molecule has 1 atom stereocenters. The third kappa shape index (κ3) is 1.68. The number of nitrogens with zero attached hydrogens (tertiary/aromatic N) is 3. The molecule has 2 aliphatic rings. The van der Waals surface area contributed by atoms with Crippen molar-refractivity contribution in [3.63, 3.8) is 0 Å². The summed E-state index contributed by atoms with van der Waals surface area (Å²) in [6.07, 6.45) is 2.89. The molecule has 18 heavy (non-hydrogen) atoms. The summed E-state index contributed by atoms with van der Waals surface area (Å²) in [6.45, 7) is 4.84. The van der Waals surface area contributed by atoms with Gasteiger partial charge in [0.25, 0.3) is 5.91 Å². The molecule has 6 heteroatoms. The number of fused-ring (bicyclic) bond motifs is 1. The van der Waals surface area contributed by atoms with Crippen LogP contribution >= 0.6 is 0 Å². The highest BCUT2D eigenvalue weighted by molar-refractivity contribution is 5.94. The van der Waals surface area contributed by atoms with Gasteiger partial charge in [-0.15, -0.1) is 0 Å². The average Bonchev–Trinajstić information content (AvgIpc) is 2.94. The Kier molecular flexibility index (Phi) is 2.39. The molecule has 0 aromatic carbocycles. The van der Waals surface area contributed by atoms with Crippen LogP contribution in [0.3, 0.4) is 0 Å². The monoisotopic (exact) mass is 249 g/mol. The zero-order valence-corrected chi connectivity index (χ0v) is 10.5. The van der Waals surface area contributed by atoms with Gasteiger partial charge in [-0.05, 0) is 13.8 Å². The molecule has 6 nitrogen and oxygen atoms in total. The molecule has 2 aliphatic heterocycles. The number of carbonyl (C=O) groups is 1. The zero-order chi connectivity index (χ0) is 12.8. The molecule has 3 rings (SSSR count). The molecular formula is C12H15N3O3. The Morgan fingerprint density at radius 2 is 2.39 bits per heavy atom. The summed E-state index contributed by atoms with van der Waals surface area (Å²) >= 11 is 0. The fourth-order valence-electron chi connectivity index (χ4n) is 2.49. The van der Waals surface area contributed by atoms with Crippen molar-refractivity contribution in [2.24, 2.45) is 5.16 Å². The highest BCUT2D eigenvalue weighted by Crippen LogP contribution is 2.28. The van der Waals surface area contributed by atoms with Crippen molar-refractivity contribution in [3.05, 3.63) is 17.5 Å². The summed E-state index contributed by atoms with van der Waals surface area (Å²) < 4.78 is 4.92. The molecule has 96 valence electrons. The van der Waals surface area contributed by atoms with Gasteiger partial charge in [0.05, 0.1) is 18.0 Å². The van der Waals surface area contributed by atoms with Gasteiger partial charge in [0.1, 0.15) is 6.26 Å². The van der Waals surface area contributed by atoms with E-state index in [4.69, 9.17) is 9.36 Å². The second-order valence-corrected chi connectivity index (χ2v) is 5.09. The van der Waals surface area contributed by atoms with Crippen LogP contribution in [0, 0.1) is 0 Å². The largest absolute Gasteiger partial charge is 0.379 e. The van der Waals surface area contributed by atoms with Gasteiger partial charge in [0.15, 0.2) is 0 Å². The molecule has 0 fully saturated rings. The van der Waals surface area contributed by atoms with Gasteiger partial charge in [-0.25, -0.2) is 0 Å². The Hall–Kier alpha value is -1.85. The van der Waals surface area contributed by atoms with Crippen molar-refractivity contribution < 1.29 is 14.2 Å². The van der Waals surface area contributed by atoms with E-state index in [-0.39, 0.29) is 5.91 Å². The van der Waals surface area contributed by atoms with Gasteiger partial charge in [-0.1, -0.05) is 10.3 Å². The first kappa shape index (κ1) is 11.3. The van der Waals surface area contributed by atoms with E-state index in [1.807, 2.05) is 6.92 Å². The molecule has 0 bridgehead atoms. The minimum atomic E-state index is -0.848. The minimum absolute atomic E-state index is 0.0186. The molecule has 0 saturated heterocycles. The first-order valence-electron chi connectivity index (χ1n) is 6.02. The summed E-state index contributed by atoms with van der Waals surface area (Å²) in [4.78, 5) is 19.6. The first-order valence-corrected chi connectivity index (χ1v) is 6.02. The van der Waals surface area contributed by atoms with Crippen LogP contribution in [0.25, 0.3) is 0 Å². The molecule has 0 spiro atoms. The molecule has 1 amide bonds. The summed E-state index contributed by atoms with van der Waals surface area (Å²) in [5, 5.41) is 7.79. The fraction of sp³-hybridized carbons (Fsp3) is 0.583. The molecule has 1 aromatic rings. The van der Waals surface area contributed by atoms with E-state index in [2.05, 4.69) is 10.3 Å². The van der Waals surface area contributed by atoms with Crippen LogP contribution in [-0.4, -0.2) is 33.8 Å². The normalized spacial score (nSPS) is 26.6. The van der Waals surface area contributed by atoms with Crippen molar-refractivity contribution in [2.75, 3.05) is 6.54 Å². The Balaban J connectivity index is 1.75. The number of oxime groups is 1. The maximum absolute atomic E-state index is 12.5. The predicted octanol–water partition coefficient (Wildman–Crippen LogP) is 1.11. The lowest BCUT2D eigenvalue weighted by Crippen LogP contribution is -2.48. The third-order valence-electron chi connectivity index (χ3n) is 3.44. The maximum Gasteiger partial charge on any atom is 0.270 e. The third-order valence-corrected chi connectivity index (χ3v) is 3.44. The van der Waals surface area contributed by atoms with Gasteiger partial charge >= 0.3 is 0 Å². The molecule has 0 radical (unpaired) electrons. The average molecular weight is 249 g/mol. The van der Waals surface area contributed by atoms with E-state index in [1.165, 1.54) is 0 Å². The van der Waals surface area contributed by atoms with Crippen molar-refractivity contribution >= 4 is 11.6 Å². The van der Waals surface area contributed by atoms with Crippen LogP contribution in [-0.2, 0) is 22.6 Å². The highest BCUT2D eigenvalue weighted by atomic mass is 16.7. The highest BCUT2D eigenvalue weighted by Gasteiger charge is 2.44. The van der Waals surface area contributed by atoms with Gasteiger partial charge in [-0.2, -0.15) is 0 Å². The molecule has 3 heterocycles. The standard InChI is InChI=1S/C12H15N3O3/c1-8-5-12(2,18-13-8)11(16)15-4-3-10-9(6-15)7-17-14-10/h7H,3-6H2,1-2H3. The van der Waals surface area contributed by atoms with E-state index in [0.717, 1.165) is 23.4 Å². The number of aromatic nitrogens is 1. The van der Waals surface area contributed by atoms with Crippen LogP contribution in [0.4, 0.5) is 0 Å². The number of hydrogen-bond donors (Lipinski definition) is 0. The summed E-state index contributed by atoms with van der Waals surface area (Å²) in [5.74, 6) is -0.0186.